The van der Waals surface area contributed by atoms with Gasteiger partial charge in [0.1, 0.15) is 0 Å². The number of aryl methyl sites for hydroxylation is 1. The van der Waals surface area contributed by atoms with Gasteiger partial charge in [-0.2, -0.15) is 0 Å². The van der Waals surface area contributed by atoms with Gasteiger partial charge in [0.15, 0.2) is 0 Å². The Hall–Kier alpha value is -1.51. The van der Waals surface area contributed by atoms with E-state index in [9.17, 15) is 4.79 Å². The Balaban J connectivity index is 1.45. The third kappa shape index (κ3) is 5.23. The number of rotatable bonds is 5. The second-order valence-corrected chi connectivity index (χ2v) is 7.59. The summed E-state index contributed by atoms with van der Waals surface area (Å²) in [7, 11) is 0. The molecular weight excluding hydrogens is 353 g/mol. The topological polar surface area (TPSA) is 20.3 Å². The van der Waals surface area contributed by atoms with Crippen molar-refractivity contribution in [2.24, 2.45) is 5.92 Å². The van der Waals surface area contributed by atoms with Crippen LogP contribution in [0.4, 0.5) is 0 Å². The minimum absolute atomic E-state index is 0.226. The van der Waals surface area contributed by atoms with Crippen LogP contribution in [-0.2, 0) is 17.6 Å². The number of hydrogen-bond acceptors (Lipinski definition) is 1. The van der Waals surface area contributed by atoms with E-state index in [1.807, 2.05) is 17.0 Å². The monoisotopic (exact) mass is 375 g/mol. The lowest BCUT2D eigenvalue weighted by Gasteiger charge is -2.32. The van der Waals surface area contributed by atoms with E-state index in [2.05, 4.69) is 30.3 Å². The lowest BCUT2D eigenvalue weighted by atomic mass is 9.90. The molecule has 0 aromatic heterocycles. The van der Waals surface area contributed by atoms with Gasteiger partial charge in [0.2, 0.25) is 5.91 Å². The van der Waals surface area contributed by atoms with Crippen LogP contribution in [0.3, 0.4) is 0 Å². The highest BCUT2D eigenvalue weighted by Gasteiger charge is 2.22. The van der Waals surface area contributed by atoms with Crippen LogP contribution in [0.2, 0.25) is 10.0 Å². The van der Waals surface area contributed by atoms with Crippen LogP contribution in [0.1, 0.15) is 30.4 Å². The van der Waals surface area contributed by atoms with Gasteiger partial charge in [0, 0.05) is 29.6 Å². The van der Waals surface area contributed by atoms with Crippen LogP contribution >= 0.6 is 23.2 Å². The van der Waals surface area contributed by atoms with Gasteiger partial charge < -0.3 is 4.90 Å². The number of likely N-dealkylation sites (tertiary alicyclic amines) is 1. The number of nitrogens with zero attached hydrogens (tertiary/aromatic N) is 1. The molecule has 0 aliphatic carbocycles. The molecule has 1 heterocycles. The molecule has 4 heteroatoms. The van der Waals surface area contributed by atoms with E-state index >= 15 is 0 Å². The molecule has 1 aliphatic heterocycles. The molecule has 0 radical (unpaired) electrons. The van der Waals surface area contributed by atoms with E-state index in [1.165, 1.54) is 5.56 Å². The number of carbonyl (C=O) groups is 1. The smallest absolute Gasteiger partial charge is 0.222 e. The second-order valence-electron chi connectivity index (χ2n) is 6.75. The number of piperidine rings is 1. The van der Waals surface area contributed by atoms with E-state index in [1.54, 1.807) is 6.07 Å². The van der Waals surface area contributed by atoms with Gasteiger partial charge in [0.25, 0.3) is 0 Å². The largest absolute Gasteiger partial charge is 0.343 e. The summed E-state index contributed by atoms with van der Waals surface area (Å²) < 4.78 is 0. The summed E-state index contributed by atoms with van der Waals surface area (Å²) in [6.07, 6.45) is 4.46. The fourth-order valence-electron chi connectivity index (χ4n) is 3.46. The molecule has 0 N–H and O–H groups in total. The first-order valence-electron chi connectivity index (χ1n) is 8.87. The molecule has 0 spiro atoms. The van der Waals surface area contributed by atoms with Crippen molar-refractivity contribution in [3.8, 4) is 0 Å². The Kier molecular flexibility index (Phi) is 6.39. The Bertz CT molecular complexity index is 709. The van der Waals surface area contributed by atoms with E-state index in [0.717, 1.165) is 37.9 Å². The molecule has 2 aromatic rings. The maximum Gasteiger partial charge on any atom is 0.222 e. The maximum atomic E-state index is 12.5. The predicted octanol–water partition coefficient (Wildman–Crippen LogP) is 5.41. The van der Waals surface area contributed by atoms with Crippen molar-refractivity contribution in [3.63, 3.8) is 0 Å². The summed E-state index contributed by atoms with van der Waals surface area (Å²) >= 11 is 12.1. The second kappa shape index (κ2) is 8.73. The standard InChI is InChI=1S/C21H23Cl2NO/c22-19-8-6-18(20(23)15-19)7-9-21(25)24-12-10-17(11-13-24)14-16-4-2-1-3-5-16/h1-6,8,15,17H,7,9-14H2. The molecule has 0 saturated carbocycles. The minimum atomic E-state index is 0.226. The summed E-state index contributed by atoms with van der Waals surface area (Å²) in [5, 5.41) is 1.27. The number of hydrogen-bond donors (Lipinski definition) is 0. The van der Waals surface area contributed by atoms with Gasteiger partial charge in [-0.1, -0.05) is 59.6 Å². The molecule has 0 bridgehead atoms. The van der Waals surface area contributed by atoms with E-state index in [-0.39, 0.29) is 5.91 Å². The SMILES string of the molecule is O=C(CCc1ccc(Cl)cc1Cl)N1CCC(Cc2ccccc2)CC1. The molecule has 2 nitrogen and oxygen atoms in total. The number of benzene rings is 2. The van der Waals surface area contributed by atoms with Crippen LogP contribution in [0.15, 0.2) is 48.5 Å². The molecule has 3 rings (SSSR count). The summed E-state index contributed by atoms with van der Waals surface area (Å²) in [5.41, 5.74) is 2.38. The third-order valence-electron chi connectivity index (χ3n) is 4.96. The quantitative estimate of drug-likeness (QED) is 0.684. The summed E-state index contributed by atoms with van der Waals surface area (Å²) in [6.45, 7) is 1.73. The Morgan fingerprint density at radius 3 is 2.44 bits per heavy atom. The van der Waals surface area contributed by atoms with Gasteiger partial charge in [0.05, 0.1) is 0 Å². The molecule has 0 atom stereocenters. The zero-order chi connectivity index (χ0) is 17.6. The zero-order valence-electron chi connectivity index (χ0n) is 14.3. The zero-order valence-corrected chi connectivity index (χ0v) is 15.8. The average Bonchev–Trinajstić information content (AvgIpc) is 2.62. The van der Waals surface area contributed by atoms with Crippen molar-refractivity contribution in [2.75, 3.05) is 13.1 Å². The van der Waals surface area contributed by atoms with Crippen LogP contribution in [0.25, 0.3) is 0 Å². The van der Waals surface area contributed by atoms with Gasteiger partial charge in [-0.3, -0.25) is 4.79 Å². The first-order valence-corrected chi connectivity index (χ1v) is 9.63. The first kappa shape index (κ1) is 18.3. The van der Waals surface area contributed by atoms with Gasteiger partial charge in [-0.25, -0.2) is 0 Å². The van der Waals surface area contributed by atoms with Crippen LogP contribution < -0.4 is 0 Å². The highest BCUT2D eigenvalue weighted by Crippen LogP contribution is 2.24. The van der Waals surface area contributed by atoms with Crippen molar-refractivity contribution in [1.29, 1.82) is 0 Å². The third-order valence-corrected chi connectivity index (χ3v) is 5.54. The molecule has 1 saturated heterocycles. The van der Waals surface area contributed by atoms with Crippen molar-refractivity contribution in [3.05, 3.63) is 69.7 Å². The molecule has 2 aromatic carbocycles. The molecular formula is C21H23Cl2NO. The van der Waals surface area contributed by atoms with E-state index < -0.39 is 0 Å². The maximum absolute atomic E-state index is 12.5. The lowest BCUT2D eigenvalue weighted by molar-refractivity contribution is -0.132. The van der Waals surface area contributed by atoms with Gasteiger partial charge in [-0.15, -0.1) is 0 Å². The molecule has 25 heavy (non-hydrogen) atoms. The minimum Gasteiger partial charge on any atom is -0.343 e. The van der Waals surface area contributed by atoms with Crippen LogP contribution in [0, 0.1) is 5.92 Å². The van der Waals surface area contributed by atoms with Crippen LogP contribution in [-0.4, -0.2) is 23.9 Å². The highest BCUT2D eigenvalue weighted by molar-refractivity contribution is 6.35. The Morgan fingerprint density at radius 2 is 1.76 bits per heavy atom. The fourth-order valence-corrected chi connectivity index (χ4v) is 3.96. The normalized spacial score (nSPS) is 15.4. The van der Waals surface area contributed by atoms with Gasteiger partial charge >= 0.3 is 0 Å². The first-order chi connectivity index (χ1) is 12.1. The van der Waals surface area contributed by atoms with Gasteiger partial charge in [-0.05, 0) is 54.9 Å². The molecule has 132 valence electrons. The fraction of sp³-hybridized carbons (Fsp3) is 0.381. The summed E-state index contributed by atoms with van der Waals surface area (Å²) in [4.78, 5) is 14.5. The van der Waals surface area contributed by atoms with E-state index in [0.29, 0.717) is 28.8 Å². The average molecular weight is 376 g/mol. The van der Waals surface area contributed by atoms with Crippen molar-refractivity contribution < 1.29 is 4.79 Å². The lowest BCUT2D eigenvalue weighted by Crippen LogP contribution is -2.39. The summed E-state index contributed by atoms with van der Waals surface area (Å²) in [5.74, 6) is 0.904. The van der Waals surface area contributed by atoms with Crippen LogP contribution in [0.5, 0.6) is 0 Å². The van der Waals surface area contributed by atoms with Crippen molar-refractivity contribution >= 4 is 29.1 Å². The molecule has 1 fully saturated rings. The Morgan fingerprint density at radius 1 is 1.04 bits per heavy atom. The summed E-state index contributed by atoms with van der Waals surface area (Å²) in [6, 6.07) is 16.1. The molecule has 1 amide bonds. The Labute approximate surface area is 159 Å². The molecule has 1 aliphatic rings. The highest BCUT2D eigenvalue weighted by atomic mass is 35.5. The molecule has 0 unspecified atom stereocenters. The number of carbonyl (C=O) groups excluding carboxylic acids is 1. The van der Waals surface area contributed by atoms with Crippen molar-refractivity contribution in [1.82, 2.24) is 4.90 Å². The van der Waals surface area contributed by atoms with E-state index in [4.69, 9.17) is 23.2 Å². The number of amides is 1. The number of halogens is 2. The predicted molar refractivity (Wildman–Crippen MR) is 104 cm³/mol. The van der Waals surface area contributed by atoms with Crippen molar-refractivity contribution in [2.45, 2.75) is 32.1 Å².